The third-order valence-electron chi connectivity index (χ3n) is 2.36. The maximum atomic E-state index is 11.6. The van der Waals surface area contributed by atoms with Crippen molar-refractivity contribution in [2.24, 2.45) is 0 Å². The van der Waals surface area contributed by atoms with Crippen LogP contribution in [0.25, 0.3) is 0 Å². The van der Waals surface area contributed by atoms with E-state index in [4.69, 9.17) is 23.2 Å². The molecule has 0 aliphatic heterocycles. The highest BCUT2D eigenvalue weighted by Gasteiger charge is 2.05. The van der Waals surface area contributed by atoms with Crippen molar-refractivity contribution < 1.29 is 4.79 Å². The lowest BCUT2D eigenvalue weighted by Crippen LogP contribution is -2.27. The number of amides is 1. The Kier molecular flexibility index (Phi) is 4.23. The van der Waals surface area contributed by atoms with E-state index >= 15 is 0 Å². The van der Waals surface area contributed by atoms with Crippen LogP contribution in [0, 0.1) is 0 Å². The quantitative estimate of drug-likeness (QED) is 0.937. The van der Waals surface area contributed by atoms with Crippen molar-refractivity contribution in [1.29, 1.82) is 0 Å². The number of hydrogen-bond donors (Lipinski definition) is 1. The van der Waals surface area contributed by atoms with Gasteiger partial charge >= 0.3 is 0 Å². The lowest BCUT2D eigenvalue weighted by molar-refractivity contribution is -0.122. The minimum absolute atomic E-state index is 0.121. The van der Waals surface area contributed by atoms with E-state index in [9.17, 15) is 4.79 Å². The summed E-state index contributed by atoms with van der Waals surface area (Å²) >= 11 is 11.8. The molecular formula is C12H11Cl2N3O. The normalized spacial score (nSPS) is 10.3. The molecule has 6 heteroatoms. The van der Waals surface area contributed by atoms with Crippen LogP contribution >= 0.6 is 23.2 Å². The van der Waals surface area contributed by atoms with Gasteiger partial charge in [-0.25, -0.2) is 0 Å². The monoisotopic (exact) mass is 283 g/mol. The average Bonchev–Trinajstić information content (AvgIpc) is 2.80. The minimum atomic E-state index is -0.121. The molecule has 0 spiro atoms. The number of nitrogens with zero attached hydrogens (tertiary/aromatic N) is 2. The van der Waals surface area contributed by atoms with Crippen LogP contribution in [0.5, 0.6) is 0 Å². The number of aromatic nitrogens is 2. The van der Waals surface area contributed by atoms with E-state index in [1.807, 2.05) is 0 Å². The SMILES string of the molecule is O=C(Cn1cccn1)NCc1ccc(Cl)cc1Cl. The van der Waals surface area contributed by atoms with Gasteiger partial charge in [-0.1, -0.05) is 29.3 Å². The zero-order valence-electron chi connectivity index (χ0n) is 9.44. The van der Waals surface area contributed by atoms with E-state index in [2.05, 4.69) is 10.4 Å². The van der Waals surface area contributed by atoms with Gasteiger partial charge in [0.25, 0.3) is 0 Å². The molecule has 0 bridgehead atoms. The Morgan fingerprint density at radius 2 is 2.22 bits per heavy atom. The van der Waals surface area contributed by atoms with Gasteiger partial charge in [0.05, 0.1) is 0 Å². The zero-order valence-corrected chi connectivity index (χ0v) is 10.9. The molecular weight excluding hydrogens is 273 g/mol. The van der Waals surface area contributed by atoms with Crippen molar-refractivity contribution in [3.05, 3.63) is 52.3 Å². The summed E-state index contributed by atoms with van der Waals surface area (Å²) in [5.41, 5.74) is 0.829. The van der Waals surface area contributed by atoms with Crippen molar-refractivity contribution in [1.82, 2.24) is 15.1 Å². The number of carbonyl (C=O) groups is 1. The highest BCUT2D eigenvalue weighted by Crippen LogP contribution is 2.20. The van der Waals surface area contributed by atoms with E-state index in [1.54, 1.807) is 41.3 Å². The molecule has 18 heavy (non-hydrogen) atoms. The van der Waals surface area contributed by atoms with Crippen molar-refractivity contribution in [3.8, 4) is 0 Å². The first-order chi connectivity index (χ1) is 8.65. The Bertz CT molecular complexity index is 540. The van der Waals surface area contributed by atoms with Crippen molar-refractivity contribution in [2.75, 3.05) is 0 Å². The van der Waals surface area contributed by atoms with Crippen molar-refractivity contribution in [3.63, 3.8) is 0 Å². The summed E-state index contributed by atoms with van der Waals surface area (Å²) < 4.78 is 1.55. The number of hydrogen-bond acceptors (Lipinski definition) is 2. The zero-order chi connectivity index (χ0) is 13.0. The Morgan fingerprint density at radius 1 is 1.39 bits per heavy atom. The topological polar surface area (TPSA) is 46.9 Å². The molecule has 1 heterocycles. The number of rotatable bonds is 4. The van der Waals surface area contributed by atoms with Crippen LogP contribution in [0.3, 0.4) is 0 Å². The molecule has 1 N–H and O–H groups in total. The number of carbonyl (C=O) groups excluding carboxylic acids is 1. The van der Waals surface area contributed by atoms with E-state index in [0.717, 1.165) is 5.56 Å². The van der Waals surface area contributed by atoms with Gasteiger partial charge < -0.3 is 5.32 Å². The first kappa shape index (κ1) is 12.9. The fraction of sp³-hybridized carbons (Fsp3) is 0.167. The van der Waals surface area contributed by atoms with Gasteiger partial charge in [-0.15, -0.1) is 0 Å². The summed E-state index contributed by atoms with van der Waals surface area (Å²) in [6.45, 7) is 0.564. The van der Waals surface area contributed by atoms with Gasteiger partial charge in [-0.3, -0.25) is 9.48 Å². The fourth-order valence-electron chi connectivity index (χ4n) is 1.46. The van der Waals surface area contributed by atoms with E-state index in [1.165, 1.54) is 0 Å². The van der Waals surface area contributed by atoms with Crippen LogP contribution in [0.1, 0.15) is 5.56 Å². The smallest absolute Gasteiger partial charge is 0.241 e. The minimum Gasteiger partial charge on any atom is -0.350 e. The summed E-state index contributed by atoms with van der Waals surface area (Å²) in [5.74, 6) is -0.121. The maximum Gasteiger partial charge on any atom is 0.241 e. The second kappa shape index (κ2) is 5.89. The molecule has 0 saturated carbocycles. The molecule has 94 valence electrons. The number of nitrogens with one attached hydrogen (secondary N) is 1. The summed E-state index contributed by atoms with van der Waals surface area (Å²) in [6, 6.07) is 6.95. The third-order valence-corrected chi connectivity index (χ3v) is 2.94. The van der Waals surface area contributed by atoms with E-state index < -0.39 is 0 Å². The molecule has 0 aliphatic rings. The Hall–Kier alpha value is -1.52. The number of benzene rings is 1. The maximum absolute atomic E-state index is 11.6. The molecule has 1 amide bonds. The standard InChI is InChI=1S/C12H11Cl2N3O/c13-10-3-2-9(11(14)6-10)7-15-12(18)8-17-5-1-4-16-17/h1-6H,7-8H2,(H,15,18). The summed E-state index contributed by atoms with van der Waals surface area (Å²) in [6.07, 6.45) is 3.36. The van der Waals surface area contributed by atoms with Gasteiger partial charge in [-0.05, 0) is 23.8 Å². The molecule has 0 unspecified atom stereocenters. The van der Waals surface area contributed by atoms with Gasteiger partial charge in [0.2, 0.25) is 5.91 Å². The van der Waals surface area contributed by atoms with Crippen LogP contribution < -0.4 is 5.32 Å². The molecule has 0 radical (unpaired) electrons. The Labute approximate surface area is 115 Å². The van der Waals surface area contributed by atoms with Crippen LogP contribution in [0.4, 0.5) is 0 Å². The average molecular weight is 284 g/mol. The summed E-state index contributed by atoms with van der Waals surface area (Å²) in [7, 11) is 0. The summed E-state index contributed by atoms with van der Waals surface area (Å²) in [4.78, 5) is 11.6. The van der Waals surface area contributed by atoms with E-state index in [0.29, 0.717) is 16.6 Å². The first-order valence-electron chi connectivity index (χ1n) is 5.33. The van der Waals surface area contributed by atoms with Crippen molar-refractivity contribution >= 4 is 29.1 Å². The second-order valence-corrected chi connectivity index (χ2v) is 4.56. The van der Waals surface area contributed by atoms with Crippen LogP contribution in [-0.4, -0.2) is 15.7 Å². The molecule has 0 fully saturated rings. The molecule has 2 rings (SSSR count). The van der Waals surface area contributed by atoms with Crippen LogP contribution in [-0.2, 0) is 17.9 Å². The molecule has 4 nitrogen and oxygen atoms in total. The van der Waals surface area contributed by atoms with Crippen molar-refractivity contribution in [2.45, 2.75) is 13.1 Å². The van der Waals surface area contributed by atoms with Crippen LogP contribution in [0.15, 0.2) is 36.7 Å². The third kappa shape index (κ3) is 3.48. The largest absolute Gasteiger partial charge is 0.350 e. The molecule has 0 aliphatic carbocycles. The molecule has 2 aromatic rings. The van der Waals surface area contributed by atoms with Gasteiger partial charge in [0.15, 0.2) is 0 Å². The number of halogens is 2. The van der Waals surface area contributed by atoms with Gasteiger partial charge in [0, 0.05) is 29.0 Å². The Morgan fingerprint density at radius 3 is 2.89 bits per heavy atom. The highest BCUT2D eigenvalue weighted by atomic mass is 35.5. The molecule has 1 aromatic heterocycles. The van der Waals surface area contributed by atoms with E-state index in [-0.39, 0.29) is 12.5 Å². The fourth-order valence-corrected chi connectivity index (χ4v) is 1.93. The van der Waals surface area contributed by atoms with Gasteiger partial charge in [-0.2, -0.15) is 5.10 Å². The van der Waals surface area contributed by atoms with Gasteiger partial charge in [0.1, 0.15) is 6.54 Å². The predicted molar refractivity (Wildman–Crippen MR) is 70.5 cm³/mol. The summed E-state index contributed by atoms with van der Waals surface area (Å²) in [5, 5.41) is 7.84. The predicted octanol–water partition coefficient (Wildman–Crippen LogP) is 2.51. The second-order valence-electron chi connectivity index (χ2n) is 3.72. The Balaban J connectivity index is 1.89. The molecule has 0 atom stereocenters. The highest BCUT2D eigenvalue weighted by molar-refractivity contribution is 6.35. The lowest BCUT2D eigenvalue weighted by atomic mass is 10.2. The molecule has 0 saturated heterocycles. The lowest BCUT2D eigenvalue weighted by Gasteiger charge is -2.07. The van der Waals surface area contributed by atoms with Crippen LogP contribution in [0.2, 0.25) is 10.0 Å². The molecule has 1 aromatic carbocycles. The first-order valence-corrected chi connectivity index (χ1v) is 6.09.